The van der Waals surface area contributed by atoms with E-state index in [-0.39, 0.29) is 30.6 Å². The van der Waals surface area contributed by atoms with Gasteiger partial charge < -0.3 is 19.3 Å². The zero-order valence-electron chi connectivity index (χ0n) is 17.0. The highest BCUT2D eigenvalue weighted by molar-refractivity contribution is 5.94. The van der Waals surface area contributed by atoms with Crippen LogP contribution in [0.2, 0.25) is 0 Å². The van der Waals surface area contributed by atoms with Gasteiger partial charge in [0.15, 0.2) is 6.61 Å². The maximum Gasteiger partial charge on any atom is 0.334 e. The van der Waals surface area contributed by atoms with Gasteiger partial charge in [-0.25, -0.2) is 4.79 Å². The Labute approximate surface area is 162 Å². The summed E-state index contributed by atoms with van der Waals surface area (Å²) in [6, 6.07) is 0. The van der Waals surface area contributed by atoms with Crippen LogP contribution in [-0.2, 0) is 23.9 Å². The van der Waals surface area contributed by atoms with Gasteiger partial charge in [0.05, 0.1) is 6.42 Å². The molecule has 7 nitrogen and oxygen atoms in total. The van der Waals surface area contributed by atoms with Gasteiger partial charge in [0.2, 0.25) is 0 Å². The van der Waals surface area contributed by atoms with Gasteiger partial charge in [-0.1, -0.05) is 39.7 Å². The van der Waals surface area contributed by atoms with Crippen LogP contribution in [0.1, 0.15) is 52.4 Å². The Morgan fingerprint density at radius 2 is 1.70 bits per heavy atom. The van der Waals surface area contributed by atoms with Gasteiger partial charge in [0, 0.05) is 31.8 Å². The second-order valence-electron chi connectivity index (χ2n) is 7.08. The van der Waals surface area contributed by atoms with Crippen LogP contribution < -0.4 is 0 Å². The number of esters is 2. The van der Waals surface area contributed by atoms with Crippen LogP contribution in [0.4, 0.5) is 0 Å². The van der Waals surface area contributed by atoms with Crippen molar-refractivity contribution in [1.82, 2.24) is 9.80 Å². The van der Waals surface area contributed by atoms with E-state index in [1.807, 2.05) is 14.0 Å². The lowest BCUT2D eigenvalue weighted by molar-refractivity contribution is -0.153. The molecule has 1 rings (SSSR count). The highest BCUT2D eigenvalue weighted by Crippen LogP contribution is 2.14. The molecule has 0 aromatic carbocycles. The minimum absolute atomic E-state index is 0.0110. The molecule has 0 bridgehead atoms. The van der Waals surface area contributed by atoms with Crippen LogP contribution in [0, 0.1) is 0 Å². The van der Waals surface area contributed by atoms with Gasteiger partial charge >= 0.3 is 11.9 Å². The summed E-state index contributed by atoms with van der Waals surface area (Å²) in [7, 11) is 2.00. The molecule has 27 heavy (non-hydrogen) atoms. The number of hydrogen-bond acceptors (Lipinski definition) is 6. The Kier molecular flexibility index (Phi) is 10.7. The van der Waals surface area contributed by atoms with Gasteiger partial charge in [-0.3, -0.25) is 9.59 Å². The first-order valence-corrected chi connectivity index (χ1v) is 9.88. The molecule has 0 N–H and O–H groups in total. The number of likely N-dealkylation sites (N-methyl/N-ethyl adjacent to an activating group) is 1. The number of rotatable bonds is 11. The summed E-state index contributed by atoms with van der Waals surface area (Å²) in [5, 5.41) is 0. The van der Waals surface area contributed by atoms with Crippen molar-refractivity contribution in [2.45, 2.75) is 58.5 Å². The van der Waals surface area contributed by atoms with Crippen molar-refractivity contribution in [2.75, 3.05) is 39.8 Å². The summed E-state index contributed by atoms with van der Waals surface area (Å²) in [5.74, 6) is -1.43. The Morgan fingerprint density at radius 1 is 1.04 bits per heavy atom. The molecule has 1 saturated heterocycles. The number of nitrogens with zero attached hydrogens (tertiary/aromatic N) is 2. The zero-order valence-corrected chi connectivity index (χ0v) is 17.0. The topological polar surface area (TPSA) is 76.2 Å². The van der Waals surface area contributed by atoms with E-state index in [0.29, 0.717) is 13.1 Å². The number of hydrogen-bond donors (Lipinski definition) is 0. The maximum atomic E-state index is 12.1. The van der Waals surface area contributed by atoms with E-state index < -0.39 is 11.9 Å². The van der Waals surface area contributed by atoms with E-state index in [1.165, 1.54) is 0 Å². The third-order valence-electron chi connectivity index (χ3n) is 4.62. The van der Waals surface area contributed by atoms with E-state index in [2.05, 4.69) is 18.4 Å². The number of amides is 1. The molecule has 0 aromatic heterocycles. The Balaban J connectivity index is 2.34. The van der Waals surface area contributed by atoms with Gasteiger partial charge in [0.1, 0.15) is 6.10 Å². The molecule has 0 radical (unpaired) electrons. The van der Waals surface area contributed by atoms with E-state index in [0.717, 1.165) is 45.2 Å². The Bertz CT molecular complexity index is 513. The van der Waals surface area contributed by atoms with Crippen LogP contribution in [0.25, 0.3) is 0 Å². The minimum Gasteiger partial charge on any atom is -0.462 e. The van der Waals surface area contributed by atoms with E-state index in [4.69, 9.17) is 9.47 Å². The monoisotopic (exact) mass is 382 g/mol. The highest BCUT2D eigenvalue weighted by Gasteiger charge is 2.22. The molecule has 1 aliphatic rings. The highest BCUT2D eigenvalue weighted by atomic mass is 16.5. The van der Waals surface area contributed by atoms with E-state index in [9.17, 15) is 14.4 Å². The lowest BCUT2D eigenvalue weighted by atomic mass is 10.1. The van der Waals surface area contributed by atoms with Gasteiger partial charge in [0.25, 0.3) is 5.91 Å². The first-order chi connectivity index (χ1) is 12.9. The fraction of sp³-hybridized carbons (Fsp3) is 0.750. The van der Waals surface area contributed by atoms with Crippen LogP contribution in [-0.4, -0.2) is 73.6 Å². The number of ether oxygens (including phenoxy) is 2. The largest absolute Gasteiger partial charge is 0.462 e. The molecule has 154 valence electrons. The number of carbonyl (C=O) groups excluding carboxylic acids is 3. The summed E-state index contributed by atoms with van der Waals surface area (Å²) in [4.78, 5) is 39.9. The average Bonchev–Trinajstić information content (AvgIpc) is 2.64. The molecule has 1 fully saturated rings. The van der Waals surface area contributed by atoms with Crippen LogP contribution in [0.5, 0.6) is 0 Å². The first kappa shape index (κ1) is 23.1. The standard InChI is InChI=1S/C20H34N2O5/c1-5-7-9-17(8-6-2)27-19(24)14-16(3)20(25)26-15-18(23)22-12-10-21(4)11-13-22/h17H,3,5-15H2,1-2,4H3. The van der Waals surface area contributed by atoms with Crippen molar-refractivity contribution in [3.05, 3.63) is 12.2 Å². The number of piperazine rings is 1. The summed E-state index contributed by atoms with van der Waals surface area (Å²) in [5.41, 5.74) is 0.0110. The number of unbranched alkanes of at least 4 members (excludes halogenated alkanes) is 1. The summed E-state index contributed by atoms with van der Waals surface area (Å²) >= 11 is 0. The van der Waals surface area contributed by atoms with Crippen molar-refractivity contribution in [3.63, 3.8) is 0 Å². The van der Waals surface area contributed by atoms with Crippen molar-refractivity contribution < 1.29 is 23.9 Å². The fourth-order valence-electron chi connectivity index (χ4n) is 2.87. The molecule has 1 amide bonds. The van der Waals surface area contributed by atoms with Crippen LogP contribution in [0.15, 0.2) is 12.2 Å². The smallest absolute Gasteiger partial charge is 0.334 e. The molecule has 1 atom stereocenters. The van der Waals surface area contributed by atoms with E-state index in [1.54, 1.807) is 4.90 Å². The molecule has 1 heterocycles. The van der Waals surface area contributed by atoms with Crippen molar-refractivity contribution in [2.24, 2.45) is 0 Å². The second-order valence-corrected chi connectivity index (χ2v) is 7.08. The van der Waals surface area contributed by atoms with Crippen LogP contribution >= 0.6 is 0 Å². The van der Waals surface area contributed by atoms with Gasteiger partial charge in [-0.2, -0.15) is 0 Å². The van der Waals surface area contributed by atoms with E-state index >= 15 is 0 Å². The van der Waals surface area contributed by atoms with Gasteiger partial charge in [-0.05, 0) is 19.9 Å². The SMILES string of the molecule is C=C(CC(=O)OC(CCC)CCCC)C(=O)OCC(=O)N1CCN(C)CC1. The normalized spacial score (nSPS) is 15.9. The molecular formula is C20H34N2O5. The molecular weight excluding hydrogens is 348 g/mol. The molecule has 0 aromatic rings. The predicted molar refractivity (Wildman–Crippen MR) is 103 cm³/mol. The lowest BCUT2D eigenvalue weighted by Crippen LogP contribution is -2.48. The second kappa shape index (κ2) is 12.5. The zero-order chi connectivity index (χ0) is 20.2. The molecule has 1 unspecified atom stereocenters. The molecule has 1 aliphatic heterocycles. The fourth-order valence-corrected chi connectivity index (χ4v) is 2.87. The lowest BCUT2D eigenvalue weighted by Gasteiger charge is -2.32. The average molecular weight is 383 g/mol. The minimum atomic E-state index is -0.727. The van der Waals surface area contributed by atoms with Crippen molar-refractivity contribution in [1.29, 1.82) is 0 Å². The molecule has 0 saturated carbocycles. The Morgan fingerprint density at radius 3 is 2.30 bits per heavy atom. The third kappa shape index (κ3) is 9.04. The van der Waals surface area contributed by atoms with Gasteiger partial charge in [-0.15, -0.1) is 0 Å². The summed E-state index contributed by atoms with van der Waals surface area (Å²) in [6.07, 6.45) is 4.26. The molecule has 0 spiro atoms. The van der Waals surface area contributed by atoms with Crippen LogP contribution in [0.3, 0.4) is 0 Å². The van der Waals surface area contributed by atoms with Crippen molar-refractivity contribution in [3.8, 4) is 0 Å². The summed E-state index contributed by atoms with van der Waals surface area (Å²) < 4.78 is 10.5. The molecule has 0 aliphatic carbocycles. The maximum absolute atomic E-state index is 12.1. The summed E-state index contributed by atoms with van der Waals surface area (Å²) in [6.45, 7) is 10.3. The first-order valence-electron chi connectivity index (χ1n) is 9.88. The predicted octanol–water partition coefficient (Wildman–Crippen LogP) is 2.15. The third-order valence-corrected chi connectivity index (χ3v) is 4.62. The van der Waals surface area contributed by atoms with Crippen molar-refractivity contribution >= 4 is 17.8 Å². The number of carbonyl (C=O) groups is 3. The quantitative estimate of drug-likeness (QED) is 0.403. The molecule has 7 heteroatoms. The Hall–Kier alpha value is -1.89.